The Morgan fingerprint density at radius 1 is 1.04 bits per heavy atom. The molecule has 1 N–H and O–H groups in total. The maximum absolute atomic E-state index is 5.93. The number of nitrogens with one attached hydrogen (secondary N) is 1. The minimum Gasteiger partial charge on any atom is -0.380 e. The summed E-state index contributed by atoms with van der Waals surface area (Å²) >= 11 is 0. The molecule has 1 unspecified atom stereocenters. The molecule has 3 rings (SSSR count). The van der Waals surface area contributed by atoms with E-state index in [0.29, 0.717) is 19.1 Å². The smallest absolute Gasteiger partial charge is 0.193 e. The van der Waals surface area contributed by atoms with Gasteiger partial charge in [0, 0.05) is 39.7 Å². The molecule has 5 nitrogen and oxygen atoms in total. The van der Waals surface area contributed by atoms with Gasteiger partial charge in [-0.05, 0) is 23.1 Å². The Kier molecular flexibility index (Phi) is 7.88. The number of likely N-dealkylation sites (tertiary alicyclic amines) is 1. The van der Waals surface area contributed by atoms with Crippen LogP contribution in [-0.4, -0.2) is 44.7 Å². The van der Waals surface area contributed by atoms with Crippen LogP contribution >= 0.6 is 0 Å². The normalized spacial score (nSPS) is 17.1. The van der Waals surface area contributed by atoms with E-state index in [2.05, 4.69) is 63.7 Å². The van der Waals surface area contributed by atoms with Gasteiger partial charge in [0.15, 0.2) is 5.96 Å². The Balaban J connectivity index is 1.41. The monoisotopic (exact) mass is 381 g/mol. The van der Waals surface area contributed by atoms with Crippen molar-refractivity contribution >= 4 is 5.96 Å². The SMILES string of the molecule is CN=C(NCc1ccc(COC)cc1)N1CCC(COCc2ccccc2)C1. The fourth-order valence-electron chi connectivity index (χ4n) is 3.51. The molecular formula is C23H31N3O2. The maximum Gasteiger partial charge on any atom is 0.193 e. The van der Waals surface area contributed by atoms with E-state index in [0.717, 1.165) is 38.6 Å². The number of guanidine groups is 1. The van der Waals surface area contributed by atoms with Crippen molar-refractivity contribution in [3.8, 4) is 0 Å². The summed E-state index contributed by atoms with van der Waals surface area (Å²) in [6.45, 7) is 4.91. The molecular weight excluding hydrogens is 350 g/mol. The highest BCUT2D eigenvalue weighted by Crippen LogP contribution is 2.17. The molecule has 2 aromatic rings. The van der Waals surface area contributed by atoms with E-state index in [1.54, 1.807) is 7.11 Å². The zero-order valence-corrected chi connectivity index (χ0v) is 16.9. The maximum atomic E-state index is 5.93. The second-order valence-electron chi connectivity index (χ2n) is 7.25. The first-order valence-corrected chi connectivity index (χ1v) is 9.92. The van der Waals surface area contributed by atoms with E-state index < -0.39 is 0 Å². The minimum atomic E-state index is 0.551. The Hall–Kier alpha value is -2.37. The largest absolute Gasteiger partial charge is 0.380 e. The number of benzene rings is 2. The zero-order valence-electron chi connectivity index (χ0n) is 16.9. The standard InChI is InChI=1S/C23H31N3O2/c1-24-23(25-14-19-8-10-21(11-9-19)16-27-2)26-13-12-22(15-26)18-28-17-20-6-4-3-5-7-20/h3-11,22H,12-18H2,1-2H3,(H,24,25). The number of methoxy groups -OCH3 is 1. The van der Waals surface area contributed by atoms with E-state index in [9.17, 15) is 0 Å². The number of ether oxygens (including phenoxy) is 2. The summed E-state index contributed by atoms with van der Waals surface area (Å²) < 4.78 is 11.1. The molecule has 2 aromatic carbocycles. The third-order valence-electron chi connectivity index (χ3n) is 5.05. The van der Waals surface area contributed by atoms with Gasteiger partial charge in [-0.2, -0.15) is 0 Å². The summed E-state index contributed by atoms with van der Waals surface area (Å²) in [6.07, 6.45) is 1.14. The van der Waals surface area contributed by atoms with Crippen molar-refractivity contribution < 1.29 is 9.47 Å². The lowest BCUT2D eigenvalue weighted by Crippen LogP contribution is -2.39. The number of hydrogen-bond donors (Lipinski definition) is 1. The van der Waals surface area contributed by atoms with Crippen molar-refractivity contribution in [2.24, 2.45) is 10.9 Å². The van der Waals surface area contributed by atoms with Crippen molar-refractivity contribution in [3.05, 3.63) is 71.3 Å². The van der Waals surface area contributed by atoms with Crippen LogP contribution in [0.1, 0.15) is 23.1 Å². The molecule has 0 aliphatic carbocycles. The lowest BCUT2D eigenvalue weighted by atomic mass is 10.1. The molecule has 28 heavy (non-hydrogen) atoms. The lowest BCUT2D eigenvalue weighted by molar-refractivity contribution is 0.0906. The summed E-state index contributed by atoms with van der Waals surface area (Å²) in [7, 11) is 3.57. The molecule has 1 fully saturated rings. The van der Waals surface area contributed by atoms with E-state index in [1.165, 1.54) is 16.7 Å². The molecule has 1 aliphatic heterocycles. The first-order chi connectivity index (χ1) is 13.8. The van der Waals surface area contributed by atoms with Gasteiger partial charge in [0.1, 0.15) is 0 Å². The van der Waals surface area contributed by atoms with Crippen LogP contribution in [0.25, 0.3) is 0 Å². The number of rotatable bonds is 8. The Labute approximate surface area is 168 Å². The third kappa shape index (κ3) is 6.08. The molecule has 5 heteroatoms. The van der Waals surface area contributed by atoms with Crippen LogP contribution in [0.15, 0.2) is 59.6 Å². The number of aliphatic imine (C=N–C) groups is 1. The predicted molar refractivity (Wildman–Crippen MR) is 113 cm³/mol. The number of hydrogen-bond acceptors (Lipinski definition) is 3. The van der Waals surface area contributed by atoms with Crippen molar-refractivity contribution in [1.82, 2.24) is 10.2 Å². The summed E-state index contributed by atoms with van der Waals surface area (Å²) in [4.78, 5) is 6.79. The van der Waals surface area contributed by atoms with E-state index in [1.807, 2.05) is 13.1 Å². The second kappa shape index (κ2) is 10.8. The van der Waals surface area contributed by atoms with Crippen LogP contribution in [0.4, 0.5) is 0 Å². The van der Waals surface area contributed by atoms with Gasteiger partial charge in [0.25, 0.3) is 0 Å². The van der Waals surface area contributed by atoms with Crippen LogP contribution in [0, 0.1) is 5.92 Å². The summed E-state index contributed by atoms with van der Waals surface area (Å²) in [5.41, 5.74) is 3.66. The van der Waals surface area contributed by atoms with E-state index in [-0.39, 0.29) is 0 Å². The Morgan fingerprint density at radius 2 is 1.75 bits per heavy atom. The van der Waals surface area contributed by atoms with Gasteiger partial charge >= 0.3 is 0 Å². The van der Waals surface area contributed by atoms with Gasteiger partial charge in [0.2, 0.25) is 0 Å². The molecule has 0 aromatic heterocycles. The van der Waals surface area contributed by atoms with Crippen molar-refractivity contribution in [2.45, 2.75) is 26.2 Å². The fraction of sp³-hybridized carbons (Fsp3) is 0.435. The van der Waals surface area contributed by atoms with Gasteiger partial charge in [-0.25, -0.2) is 0 Å². The molecule has 0 saturated carbocycles. The highest BCUT2D eigenvalue weighted by molar-refractivity contribution is 5.80. The van der Waals surface area contributed by atoms with Gasteiger partial charge in [-0.1, -0.05) is 54.6 Å². The lowest BCUT2D eigenvalue weighted by Gasteiger charge is -2.22. The molecule has 1 saturated heterocycles. The van der Waals surface area contributed by atoms with Crippen LogP contribution in [-0.2, 0) is 29.2 Å². The summed E-state index contributed by atoms with van der Waals surface area (Å²) in [6, 6.07) is 18.8. The van der Waals surface area contributed by atoms with E-state index in [4.69, 9.17) is 9.47 Å². The van der Waals surface area contributed by atoms with E-state index >= 15 is 0 Å². The minimum absolute atomic E-state index is 0.551. The molecule has 0 bridgehead atoms. The number of nitrogens with zero attached hydrogens (tertiary/aromatic N) is 2. The fourth-order valence-corrected chi connectivity index (χ4v) is 3.51. The topological polar surface area (TPSA) is 46.1 Å². The van der Waals surface area contributed by atoms with Crippen LogP contribution < -0.4 is 5.32 Å². The molecule has 0 spiro atoms. The Bertz CT molecular complexity index is 731. The molecule has 1 aliphatic rings. The average molecular weight is 382 g/mol. The Morgan fingerprint density at radius 3 is 2.46 bits per heavy atom. The van der Waals surface area contributed by atoms with Crippen molar-refractivity contribution in [1.29, 1.82) is 0 Å². The van der Waals surface area contributed by atoms with Crippen molar-refractivity contribution in [2.75, 3.05) is 33.9 Å². The first-order valence-electron chi connectivity index (χ1n) is 9.92. The van der Waals surface area contributed by atoms with Gasteiger partial charge < -0.3 is 19.7 Å². The van der Waals surface area contributed by atoms with Gasteiger partial charge in [0.05, 0.1) is 19.8 Å². The molecule has 1 heterocycles. The highest BCUT2D eigenvalue weighted by atomic mass is 16.5. The zero-order chi connectivity index (χ0) is 19.6. The van der Waals surface area contributed by atoms with Gasteiger partial charge in [-0.15, -0.1) is 0 Å². The van der Waals surface area contributed by atoms with Crippen LogP contribution in [0.3, 0.4) is 0 Å². The first kappa shape index (κ1) is 20.4. The average Bonchev–Trinajstić information content (AvgIpc) is 3.19. The van der Waals surface area contributed by atoms with Gasteiger partial charge in [-0.3, -0.25) is 4.99 Å². The highest BCUT2D eigenvalue weighted by Gasteiger charge is 2.24. The summed E-state index contributed by atoms with van der Waals surface area (Å²) in [5, 5.41) is 3.49. The van der Waals surface area contributed by atoms with Crippen molar-refractivity contribution in [3.63, 3.8) is 0 Å². The molecule has 1 atom stereocenters. The molecule has 150 valence electrons. The summed E-state index contributed by atoms with van der Waals surface area (Å²) in [5.74, 6) is 1.52. The predicted octanol–water partition coefficient (Wildman–Crippen LogP) is 3.45. The van der Waals surface area contributed by atoms with Crippen LogP contribution in [0.5, 0.6) is 0 Å². The van der Waals surface area contributed by atoms with Crippen LogP contribution in [0.2, 0.25) is 0 Å². The third-order valence-corrected chi connectivity index (χ3v) is 5.05. The molecule has 0 radical (unpaired) electrons. The quantitative estimate of drug-likeness (QED) is 0.562. The second-order valence-corrected chi connectivity index (χ2v) is 7.25. The molecule has 0 amide bonds.